The summed E-state index contributed by atoms with van der Waals surface area (Å²) in [6.07, 6.45) is 11.1. The zero-order chi connectivity index (χ0) is 20.1. The lowest BCUT2D eigenvalue weighted by Crippen LogP contribution is -2.64. The molecule has 2 aromatic rings. The van der Waals surface area contributed by atoms with Gasteiger partial charge in [0.2, 0.25) is 0 Å². The Bertz CT molecular complexity index is 905. The Morgan fingerprint density at radius 3 is 2.52 bits per heavy atom. The molecule has 1 heterocycles. The topological polar surface area (TPSA) is 73.2 Å². The fourth-order valence-electron chi connectivity index (χ4n) is 6.53. The summed E-state index contributed by atoms with van der Waals surface area (Å²) in [4.78, 5) is 29.7. The molecule has 0 radical (unpaired) electrons. The number of amides is 1. The molecule has 4 aliphatic carbocycles. The van der Waals surface area contributed by atoms with Crippen molar-refractivity contribution in [2.45, 2.75) is 50.6 Å². The number of ether oxygens (including phenoxy) is 1. The number of carbonyl (C=O) groups excluding carboxylic acids is 2. The first kappa shape index (κ1) is 18.4. The molecule has 0 aliphatic heterocycles. The molecule has 1 aromatic carbocycles. The molecule has 29 heavy (non-hydrogen) atoms. The van der Waals surface area contributed by atoms with Crippen LogP contribution in [0.15, 0.2) is 43.0 Å². The Hall–Kier alpha value is -2.63. The number of hydrogen-bond acceptors (Lipinski definition) is 4. The molecule has 4 fully saturated rings. The molecule has 2 unspecified atom stereocenters. The summed E-state index contributed by atoms with van der Waals surface area (Å²) < 4.78 is 7.16. The van der Waals surface area contributed by atoms with Gasteiger partial charge in [-0.2, -0.15) is 0 Å². The van der Waals surface area contributed by atoms with E-state index in [0.29, 0.717) is 23.8 Å². The molecule has 4 aliphatic rings. The number of imidazole rings is 1. The van der Waals surface area contributed by atoms with E-state index in [1.807, 2.05) is 35.0 Å². The number of rotatable bonds is 5. The molecule has 1 N–H and O–H groups in total. The molecule has 2 atom stereocenters. The van der Waals surface area contributed by atoms with Gasteiger partial charge in [-0.1, -0.05) is 12.1 Å². The molecule has 6 nitrogen and oxygen atoms in total. The molecule has 4 saturated carbocycles. The molecule has 6 rings (SSSR count). The van der Waals surface area contributed by atoms with Gasteiger partial charge in [0.05, 0.1) is 18.9 Å². The predicted octanol–water partition coefficient (Wildman–Crippen LogP) is 3.17. The number of carbonyl (C=O) groups is 2. The van der Waals surface area contributed by atoms with E-state index in [0.717, 1.165) is 37.8 Å². The monoisotopic (exact) mass is 393 g/mol. The summed E-state index contributed by atoms with van der Waals surface area (Å²) in [5.41, 5.74) is 1.12. The van der Waals surface area contributed by atoms with Crippen LogP contribution >= 0.6 is 0 Å². The van der Waals surface area contributed by atoms with Crippen LogP contribution in [0.25, 0.3) is 0 Å². The third kappa shape index (κ3) is 3.24. The van der Waals surface area contributed by atoms with Crippen LogP contribution in [0, 0.1) is 17.3 Å². The number of esters is 1. The molecule has 4 bridgehead atoms. The maximum Gasteiger partial charge on any atom is 0.311 e. The third-order valence-corrected chi connectivity index (χ3v) is 7.20. The zero-order valence-electron chi connectivity index (χ0n) is 16.8. The summed E-state index contributed by atoms with van der Waals surface area (Å²) in [6.45, 7) is 0.733. The largest absolute Gasteiger partial charge is 0.469 e. The molecule has 0 spiro atoms. The van der Waals surface area contributed by atoms with E-state index in [2.05, 4.69) is 10.3 Å². The fraction of sp³-hybridized carbons (Fsp3) is 0.522. The summed E-state index contributed by atoms with van der Waals surface area (Å²) in [5, 5.41) is 3.35. The van der Waals surface area contributed by atoms with Crippen LogP contribution < -0.4 is 5.32 Å². The van der Waals surface area contributed by atoms with Gasteiger partial charge < -0.3 is 14.6 Å². The first-order valence-electron chi connectivity index (χ1n) is 10.4. The molecular weight excluding hydrogens is 366 g/mol. The Morgan fingerprint density at radius 2 is 1.90 bits per heavy atom. The quantitative estimate of drug-likeness (QED) is 0.792. The average molecular weight is 393 g/mol. The summed E-state index contributed by atoms with van der Waals surface area (Å²) in [7, 11) is 1.48. The van der Waals surface area contributed by atoms with Crippen molar-refractivity contribution in [2.24, 2.45) is 17.3 Å². The van der Waals surface area contributed by atoms with Crippen molar-refractivity contribution in [3.63, 3.8) is 0 Å². The maximum absolute atomic E-state index is 13.1. The second-order valence-corrected chi connectivity index (χ2v) is 9.40. The van der Waals surface area contributed by atoms with Crippen LogP contribution in [-0.4, -0.2) is 34.1 Å². The van der Waals surface area contributed by atoms with Gasteiger partial charge in [-0.3, -0.25) is 9.59 Å². The van der Waals surface area contributed by atoms with E-state index in [1.165, 1.54) is 13.5 Å². The Kier molecular flexibility index (Phi) is 4.26. The first-order valence-corrected chi connectivity index (χ1v) is 10.4. The van der Waals surface area contributed by atoms with E-state index in [1.54, 1.807) is 12.5 Å². The van der Waals surface area contributed by atoms with E-state index in [9.17, 15) is 9.59 Å². The molecule has 1 aromatic heterocycles. The SMILES string of the molecule is COC(=O)C12CC3CC(CC(NC(=O)c4ccc(Cn5ccnc5)cc4)(C3)C1)C2. The lowest BCUT2D eigenvalue weighted by Gasteiger charge is -2.60. The summed E-state index contributed by atoms with van der Waals surface area (Å²) >= 11 is 0. The van der Waals surface area contributed by atoms with Gasteiger partial charge in [-0.05, 0) is 68.1 Å². The Morgan fingerprint density at radius 1 is 1.17 bits per heavy atom. The van der Waals surface area contributed by atoms with Gasteiger partial charge in [0, 0.05) is 30.0 Å². The van der Waals surface area contributed by atoms with Crippen LogP contribution in [0.3, 0.4) is 0 Å². The smallest absolute Gasteiger partial charge is 0.311 e. The van der Waals surface area contributed by atoms with Crippen molar-refractivity contribution in [1.29, 1.82) is 0 Å². The highest BCUT2D eigenvalue weighted by Crippen LogP contribution is 2.62. The van der Waals surface area contributed by atoms with Crippen LogP contribution in [0.4, 0.5) is 0 Å². The minimum atomic E-state index is -0.402. The number of nitrogens with zero attached hydrogens (tertiary/aromatic N) is 2. The first-order chi connectivity index (χ1) is 14.0. The third-order valence-electron chi connectivity index (χ3n) is 7.20. The minimum Gasteiger partial charge on any atom is -0.469 e. The number of nitrogens with one attached hydrogen (secondary N) is 1. The van der Waals surface area contributed by atoms with Crippen LogP contribution in [0.5, 0.6) is 0 Å². The summed E-state index contributed by atoms with van der Waals surface area (Å²) in [5.74, 6) is 0.886. The maximum atomic E-state index is 13.1. The van der Waals surface area contributed by atoms with E-state index in [-0.39, 0.29) is 17.4 Å². The minimum absolute atomic E-state index is 0.0406. The van der Waals surface area contributed by atoms with Gasteiger partial charge in [0.25, 0.3) is 5.91 Å². The molecule has 0 saturated heterocycles. The predicted molar refractivity (Wildman–Crippen MR) is 107 cm³/mol. The zero-order valence-corrected chi connectivity index (χ0v) is 16.8. The normalized spacial score (nSPS) is 32.2. The van der Waals surface area contributed by atoms with Gasteiger partial charge >= 0.3 is 5.97 Å². The van der Waals surface area contributed by atoms with E-state index >= 15 is 0 Å². The fourth-order valence-corrected chi connectivity index (χ4v) is 6.53. The standard InChI is InChI=1S/C23H27N3O3/c1-29-21(28)22-9-17-8-18(10-22)12-23(11-17,14-22)25-20(27)19-4-2-16(3-5-19)13-26-7-6-24-15-26/h2-7,15,17-18H,8-14H2,1H3,(H,25,27). The molecule has 1 amide bonds. The van der Waals surface area contributed by atoms with Crippen molar-refractivity contribution < 1.29 is 14.3 Å². The lowest BCUT2D eigenvalue weighted by atomic mass is 9.47. The Labute approximate surface area is 170 Å². The number of hydrogen-bond donors (Lipinski definition) is 1. The van der Waals surface area contributed by atoms with Gasteiger partial charge in [-0.15, -0.1) is 0 Å². The van der Waals surface area contributed by atoms with Crippen molar-refractivity contribution in [2.75, 3.05) is 7.11 Å². The van der Waals surface area contributed by atoms with Crippen molar-refractivity contribution in [3.05, 3.63) is 54.1 Å². The molecule has 152 valence electrons. The van der Waals surface area contributed by atoms with Gasteiger partial charge in [0.1, 0.15) is 0 Å². The average Bonchev–Trinajstić information content (AvgIpc) is 3.19. The van der Waals surface area contributed by atoms with E-state index < -0.39 is 5.41 Å². The van der Waals surface area contributed by atoms with E-state index in [4.69, 9.17) is 4.74 Å². The highest BCUT2D eigenvalue weighted by Gasteiger charge is 2.61. The number of methoxy groups -OCH3 is 1. The number of benzene rings is 1. The highest BCUT2D eigenvalue weighted by atomic mass is 16.5. The van der Waals surface area contributed by atoms with Gasteiger partial charge in [-0.25, -0.2) is 4.98 Å². The second-order valence-electron chi connectivity index (χ2n) is 9.40. The molecule has 6 heteroatoms. The van der Waals surface area contributed by atoms with Crippen LogP contribution in [-0.2, 0) is 16.1 Å². The lowest BCUT2D eigenvalue weighted by molar-refractivity contribution is -0.171. The Balaban J connectivity index is 1.32. The van der Waals surface area contributed by atoms with Crippen molar-refractivity contribution in [3.8, 4) is 0 Å². The number of aromatic nitrogens is 2. The molecular formula is C23H27N3O3. The van der Waals surface area contributed by atoms with Crippen LogP contribution in [0.1, 0.15) is 54.4 Å². The van der Waals surface area contributed by atoms with Crippen LogP contribution in [0.2, 0.25) is 0 Å². The second kappa shape index (κ2) is 6.71. The van der Waals surface area contributed by atoms with Crippen molar-refractivity contribution >= 4 is 11.9 Å². The van der Waals surface area contributed by atoms with Crippen molar-refractivity contribution in [1.82, 2.24) is 14.9 Å². The highest BCUT2D eigenvalue weighted by molar-refractivity contribution is 5.95. The summed E-state index contributed by atoms with van der Waals surface area (Å²) in [6, 6.07) is 7.76. The van der Waals surface area contributed by atoms with Gasteiger partial charge in [0.15, 0.2) is 0 Å².